The Morgan fingerprint density at radius 3 is 2.73 bits per heavy atom. The number of nitrogens with one attached hydrogen (secondary N) is 1. The van der Waals surface area contributed by atoms with Gasteiger partial charge >= 0.3 is 0 Å². The highest BCUT2D eigenvalue weighted by atomic mass is 32.2. The molecule has 0 aromatic heterocycles. The van der Waals surface area contributed by atoms with Crippen molar-refractivity contribution in [1.29, 1.82) is 0 Å². The van der Waals surface area contributed by atoms with Gasteiger partial charge in [-0.05, 0) is 5.75 Å². The van der Waals surface area contributed by atoms with E-state index < -0.39 is 0 Å². The summed E-state index contributed by atoms with van der Waals surface area (Å²) >= 11 is 1.54. The SMILES string of the molecule is CCSC(C=O)CNC(C)=O. The number of carbonyl (C=O) groups is 2. The molecular weight excluding hydrogens is 162 g/mol. The Labute approximate surface area is 70.9 Å². The largest absolute Gasteiger partial charge is 0.355 e. The molecule has 0 aliphatic carbocycles. The summed E-state index contributed by atoms with van der Waals surface area (Å²) in [4.78, 5) is 20.8. The van der Waals surface area contributed by atoms with Crippen molar-refractivity contribution < 1.29 is 9.59 Å². The lowest BCUT2D eigenvalue weighted by molar-refractivity contribution is -0.118. The van der Waals surface area contributed by atoms with Gasteiger partial charge in [-0.3, -0.25) is 4.79 Å². The Hall–Kier alpha value is -0.510. The fraction of sp³-hybridized carbons (Fsp3) is 0.714. The van der Waals surface area contributed by atoms with Crippen LogP contribution in [0.2, 0.25) is 0 Å². The maximum Gasteiger partial charge on any atom is 0.216 e. The van der Waals surface area contributed by atoms with Crippen molar-refractivity contribution in [1.82, 2.24) is 5.32 Å². The van der Waals surface area contributed by atoms with Crippen LogP contribution in [-0.4, -0.2) is 29.7 Å². The van der Waals surface area contributed by atoms with Crippen LogP contribution in [0.15, 0.2) is 0 Å². The second-order valence-electron chi connectivity index (χ2n) is 2.07. The van der Waals surface area contributed by atoms with Crippen molar-refractivity contribution in [3.05, 3.63) is 0 Å². The first kappa shape index (κ1) is 10.5. The molecule has 0 aromatic carbocycles. The molecule has 1 N–H and O–H groups in total. The zero-order chi connectivity index (χ0) is 8.69. The zero-order valence-electron chi connectivity index (χ0n) is 6.79. The summed E-state index contributed by atoms with van der Waals surface area (Å²) in [6, 6.07) is 0. The van der Waals surface area contributed by atoms with E-state index >= 15 is 0 Å². The van der Waals surface area contributed by atoms with E-state index in [0.717, 1.165) is 12.0 Å². The van der Waals surface area contributed by atoms with Crippen LogP contribution in [0.4, 0.5) is 0 Å². The van der Waals surface area contributed by atoms with Crippen LogP contribution >= 0.6 is 11.8 Å². The molecule has 0 saturated carbocycles. The van der Waals surface area contributed by atoms with Gasteiger partial charge in [0.15, 0.2) is 0 Å². The van der Waals surface area contributed by atoms with Gasteiger partial charge in [0.1, 0.15) is 6.29 Å². The summed E-state index contributed by atoms with van der Waals surface area (Å²) in [5.41, 5.74) is 0. The van der Waals surface area contributed by atoms with E-state index in [4.69, 9.17) is 0 Å². The Morgan fingerprint density at radius 2 is 2.36 bits per heavy atom. The van der Waals surface area contributed by atoms with Crippen molar-refractivity contribution in [3.63, 3.8) is 0 Å². The van der Waals surface area contributed by atoms with Crippen LogP contribution < -0.4 is 5.32 Å². The molecule has 0 fully saturated rings. The van der Waals surface area contributed by atoms with E-state index in [1.165, 1.54) is 18.7 Å². The number of thioether (sulfide) groups is 1. The van der Waals surface area contributed by atoms with Crippen LogP contribution in [0.1, 0.15) is 13.8 Å². The molecule has 0 radical (unpaired) electrons. The van der Waals surface area contributed by atoms with E-state index in [9.17, 15) is 9.59 Å². The second kappa shape index (κ2) is 6.22. The number of amides is 1. The monoisotopic (exact) mass is 175 g/mol. The van der Waals surface area contributed by atoms with E-state index in [2.05, 4.69) is 5.32 Å². The molecular formula is C7H13NO2S. The van der Waals surface area contributed by atoms with E-state index in [-0.39, 0.29) is 11.2 Å². The minimum absolute atomic E-state index is 0.0893. The fourth-order valence-corrected chi connectivity index (χ4v) is 1.31. The maximum absolute atomic E-state index is 10.4. The quantitative estimate of drug-likeness (QED) is 0.617. The van der Waals surface area contributed by atoms with E-state index in [1.807, 2.05) is 6.92 Å². The van der Waals surface area contributed by atoms with Crippen molar-refractivity contribution >= 4 is 24.0 Å². The third-order valence-corrected chi connectivity index (χ3v) is 2.12. The van der Waals surface area contributed by atoms with Crippen LogP contribution in [0.5, 0.6) is 0 Å². The lowest BCUT2D eigenvalue weighted by atomic mass is 10.4. The summed E-state index contributed by atoms with van der Waals surface area (Å²) < 4.78 is 0. The predicted molar refractivity (Wildman–Crippen MR) is 46.7 cm³/mol. The minimum Gasteiger partial charge on any atom is -0.355 e. The lowest BCUT2D eigenvalue weighted by Crippen LogP contribution is -2.29. The number of aldehydes is 1. The average Bonchev–Trinajstić information content (AvgIpc) is 1.97. The predicted octanol–water partition coefficient (Wildman–Crippen LogP) is 0.443. The Kier molecular flexibility index (Phi) is 5.93. The van der Waals surface area contributed by atoms with Crippen molar-refractivity contribution in [2.75, 3.05) is 12.3 Å². The molecule has 0 aliphatic rings. The number of hydrogen-bond acceptors (Lipinski definition) is 3. The number of hydrogen-bond donors (Lipinski definition) is 1. The van der Waals surface area contributed by atoms with Gasteiger partial charge in [0.2, 0.25) is 5.91 Å². The summed E-state index contributed by atoms with van der Waals surface area (Å²) in [6.07, 6.45) is 0.865. The molecule has 4 heteroatoms. The van der Waals surface area contributed by atoms with E-state index in [0.29, 0.717) is 6.54 Å². The van der Waals surface area contributed by atoms with Gasteiger partial charge < -0.3 is 10.1 Å². The first-order valence-corrected chi connectivity index (χ1v) is 4.57. The zero-order valence-corrected chi connectivity index (χ0v) is 7.61. The number of carbonyl (C=O) groups excluding carboxylic acids is 2. The molecule has 0 aliphatic heterocycles. The Balaban J connectivity index is 3.51. The van der Waals surface area contributed by atoms with Crippen LogP contribution in [0.25, 0.3) is 0 Å². The topological polar surface area (TPSA) is 46.2 Å². The highest BCUT2D eigenvalue weighted by Crippen LogP contribution is 2.05. The molecule has 0 spiro atoms. The highest BCUT2D eigenvalue weighted by molar-refractivity contribution is 8.00. The van der Waals surface area contributed by atoms with Crippen molar-refractivity contribution in [3.8, 4) is 0 Å². The average molecular weight is 175 g/mol. The van der Waals surface area contributed by atoms with Gasteiger partial charge in [-0.15, -0.1) is 11.8 Å². The van der Waals surface area contributed by atoms with Gasteiger partial charge in [0.25, 0.3) is 0 Å². The summed E-state index contributed by atoms with van der Waals surface area (Å²) in [6.45, 7) is 3.87. The molecule has 0 bridgehead atoms. The van der Waals surface area contributed by atoms with E-state index in [1.54, 1.807) is 0 Å². The van der Waals surface area contributed by atoms with Crippen LogP contribution in [-0.2, 0) is 9.59 Å². The molecule has 0 rings (SSSR count). The molecule has 3 nitrogen and oxygen atoms in total. The first-order chi connectivity index (χ1) is 5.20. The highest BCUT2D eigenvalue weighted by Gasteiger charge is 2.05. The van der Waals surface area contributed by atoms with Gasteiger partial charge in [0, 0.05) is 13.5 Å². The van der Waals surface area contributed by atoms with Gasteiger partial charge in [-0.2, -0.15) is 0 Å². The summed E-state index contributed by atoms with van der Waals surface area (Å²) in [7, 11) is 0. The van der Waals surface area contributed by atoms with Crippen molar-refractivity contribution in [2.24, 2.45) is 0 Å². The molecule has 11 heavy (non-hydrogen) atoms. The smallest absolute Gasteiger partial charge is 0.216 e. The number of rotatable bonds is 5. The summed E-state index contributed by atoms with van der Waals surface area (Å²) in [5, 5.41) is 2.50. The van der Waals surface area contributed by atoms with Crippen LogP contribution in [0.3, 0.4) is 0 Å². The molecule has 64 valence electrons. The molecule has 1 atom stereocenters. The van der Waals surface area contributed by atoms with Gasteiger partial charge in [-0.25, -0.2) is 0 Å². The third-order valence-electron chi connectivity index (χ3n) is 1.08. The molecule has 0 saturated heterocycles. The second-order valence-corrected chi connectivity index (χ2v) is 3.58. The molecule has 1 unspecified atom stereocenters. The molecule has 0 aromatic rings. The van der Waals surface area contributed by atoms with Gasteiger partial charge in [-0.1, -0.05) is 6.92 Å². The van der Waals surface area contributed by atoms with Crippen LogP contribution in [0, 0.1) is 0 Å². The molecule has 1 amide bonds. The molecule has 0 heterocycles. The standard InChI is InChI=1S/C7H13NO2S/c1-3-11-7(5-9)4-8-6(2)10/h5,7H,3-4H2,1-2H3,(H,8,10). The lowest BCUT2D eigenvalue weighted by Gasteiger charge is -2.07. The maximum atomic E-state index is 10.4. The minimum atomic E-state index is -0.0936. The fourth-order valence-electron chi connectivity index (χ4n) is 0.605. The summed E-state index contributed by atoms with van der Waals surface area (Å²) in [5.74, 6) is 0.803. The Morgan fingerprint density at radius 1 is 1.73 bits per heavy atom. The van der Waals surface area contributed by atoms with Gasteiger partial charge in [0.05, 0.1) is 5.25 Å². The normalized spacial score (nSPS) is 12.2. The van der Waals surface area contributed by atoms with Crippen molar-refractivity contribution in [2.45, 2.75) is 19.1 Å². The third kappa shape index (κ3) is 5.91. The Bertz CT molecular complexity index is 138. The first-order valence-electron chi connectivity index (χ1n) is 3.52.